The van der Waals surface area contributed by atoms with Crippen molar-refractivity contribution in [2.75, 3.05) is 11.5 Å². The van der Waals surface area contributed by atoms with E-state index in [0.29, 0.717) is 6.42 Å². The Labute approximate surface area is 83.5 Å². The van der Waals surface area contributed by atoms with Crippen molar-refractivity contribution in [3.05, 3.63) is 12.2 Å². The molecular weight excluding hydrogens is 204 g/mol. The Hall–Kier alpha value is -0.840. The van der Waals surface area contributed by atoms with Crippen LogP contribution in [0.1, 0.15) is 19.3 Å². The third-order valence-corrected chi connectivity index (χ3v) is 4.28. The third kappa shape index (κ3) is 3.14. The molecule has 1 fully saturated rings. The number of carboxylic acids is 1. The minimum absolute atomic E-state index is 0.0580. The van der Waals surface area contributed by atoms with Crippen LogP contribution in [0, 0.1) is 5.92 Å². The van der Waals surface area contributed by atoms with E-state index in [-0.39, 0.29) is 29.4 Å². The summed E-state index contributed by atoms with van der Waals surface area (Å²) < 4.78 is 22.5. The van der Waals surface area contributed by atoms with Gasteiger partial charge in [-0.3, -0.25) is 0 Å². The Morgan fingerprint density at radius 1 is 1.50 bits per heavy atom. The number of sulfone groups is 1. The zero-order valence-electron chi connectivity index (χ0n) is 7.90. The van der Waals surface area contributed by atoms with Crippen molar-refractivity contribution in [2.24, 2.45) is 5.92 Å². The van der Waals surface area contributed by atoms with Gasteiger partial charge in [-0.25, -0.2) is 13.2 Å². The fourth-order valence-corrected chi connectivity index (χ4v) is 3.49. The van der Waals surface area contributed by atoms with E-state index in [1.54, 1.807) is 0 Å². The zero-order chi connectivity index (χ0) is 10.8. The van der Waals surface area contributed by atoms with Crippen LogP contribution in [0.5, 0.6) is 0 Å². The quantitative estimate of drug-likeness (QED) is 0.712. The molecule has 1 aliphatic rings. The predicted octanol–water partition coefficient (Wildman–Crippen LogP) is 0.842. The molecule has 5 heteroatoms. The molecule has 14 heavy (non-hydrogen) atoms. The van der Waals surface area contributed by atoms with Gasteiger partial charge in [0.15, 0.2) is 9.84 Å². The van der Waals surface area contributed by atoms with Crippen LogP contribution < -0.4 is 0 Å². The Kier molecular flexibility index (Phi) is 3.31. The molecule has 1 heterocycles. The first-order valence-electron chi connectivity index (χ1n) is 4.52. The minimum Gasteiger partial charge on any atom is -0.478 e. The highest BCUT2D eigenvalue weighted by atomic mass is 32.2. The maximum absolute atomic E-state index is 11.2. The predicted molar refractivity (Wildman–Crippen MR) is 52.8 cm³/mol. The lowest BCUT2D eigenvalue weighted by atomic mass is 9.97. The first-order valence-corrected chi connectivity index (χ1v) is 6.34. The maximum atomic E-state index is 11.2. The molecule has 0 aromatic carbocycles. The summed E-state index contributed by atoms with van der Waals surface area (Å²) in [6.45, 7) is 3.40. The van der Waals surface area contributed by atoms with E-state index in [1.807, 2.05) is 0 Å². The van der Waals surface area contributed by atoms with E-state index in [0.717, 1.165) is 6.42 Å². The smallest absolute Gasteiger partial charge is 0.330 e. The van der Waals surface area contributed by atoms with Crippen molar-refractivity contribution in [3.63, 3.8) is 0 Å². The van der Waals surface area contributed by atoms with Crippen LogP contribution in [0.2, 0.25) is 0 Å². The summed E-state index contributed by atoms with van der Waals surface area (Å²) in [4.78, 5) is 10.5. The van der Waals surface area contributed by atoms with E-state index in [9.17, 15) is 13.2 Å². The molecule has 1 N–H and O–H groups in total. The monoisotopic (exact) mass is 218 g/mol. The molecule has 1 unspecified atom stereocenters. The summed E-state index contributed by atoms with van der Waals surface area (Å²) in [5, 5.41) is 8.59. The van der Waals surface area contributed by atoms with E-state index in [2.05, 4.69) is 6.58 Å². The SMILES string of the molecule is C=C(CC1CCCS(=O)(=O)C1)C(=O)O. The highest BCUT2D eigenvalue weighted by molar-refractivity contribution is 7.91. The molecule has 80 valence electrons. The van der Waals surface area contributed by atoms with E-state index >= 15 is 0 Å². The van der Waals surface area contributed by atoms with Gasteiger partial charge >= 0.3 is 5.97 Å². The summed E-state index contributed by atoms with van der Waals surface area (Å²) in [5.41, 5.74) is 0.104. The van der Waals surface area contributed by atoms with E-state index in [4.69, 9.17) is 5.11 Å². The summed E-state index contributed by atoms with van der Waals surface area (Å²) in [7, 11) is -2.94. The molecule has 0 amide bonds. The molecular formula is C9H14O4S. The topological polar surface area (TPSA) is 71.4 Å². The van der Waals surface area contributed by atoms with Crippen molar-refractivity contribution in [1.82, 2.24) is 0 Å². The number of aliphatic carboxylic acids is 1. The summed E-state index contributed by atoms with van der Waals surface area (Å²) in [5.74, 6) is -0.743. The lowest BCUT2D eigenvalue weighted by molar-refractivity contribution is -0.132. The number of rotatable bonds is 3. The van der Waals surface area contributed by atoms with Gasteiger partial charge in [0.1, 0.15) is 0 Å². The second kappa shape index (κ2) is 4.13. The molecule has 0 aliphatic carbocycles. The summed E-state index contributed by atoms with van der Waals surface area (Å²) >= 11 is 0. The Morgan fingerprint density at radius 3 is 2.64 bits per heavy atom. The van der Waals surface area contributed by atoms with Crippen molar-refractivity contribution in [2.45, 2.75) is 19.3 Å². The first-order chi connectivity index (χ1) is 6.41. The molecule has 0 aromatic heterocycles. The second-order valence-electron chi connectivity index (χ2n) is 3.74. The van der Waals surface area contributed by atoms with Crippen molar-refractivity contribution in [3.8, 4) is 0 Å². The van der Waals surface area contributed by atoms with Crippen LogP contribution in [0.3, 0.4) is 0 Å². The van der Waals surface area contributed by atoms with E-state index < -0.39 is 15.8 Å². The van der Waals surface area contributed by atoms with Crippen LogP contribution in [0.25, 0.3) is 0 Å². The van der Waals surface area contributed by atoms with Crippen molar-refractivity contribution in [1.29, 1.82) is 0 Å². The lowest BCUT2D eigenvalue weighted by Crippen LogP contribution is -2.26. The minimum atomic E-state index is -2.94. The average molecular weight is 218 g/mol. The zero-order valence-corrected chi connectivity index (χ0v) is 8.72. The molecule has 0 spiro atoms. The number of hydrogen-bond acceptors (Lipinski definition) is 3. The fourth-order valence-electron chi connectivity index (χ4n) is 1.71. The Balaban J connectivity index is 2.54. The van der Waals surface area contributed by atoms with Crippen molar-refractivity contribution < 1.29 is 18.3 Å². The van der Waals surface area contributed by atoms with Crippen LogP contribution in [-0.2, 0) is 14.6 Å². The molecule has 4 nitrogen and oxygen atoms in total. The largest absolute Gasteiger partial charge is 0.478 e. The Bertz CT molecular complexity index is 342. The molecule has 1 aliphatic heterocycles. The molecule has 1 rings (SSSR count). The first kappa shape index (κ1) is 11.2. The summed E-state index contributed by atoms with van der Waals surface area (Å²) in [6.07, 6.45) is 1.71. The molecule has 0 bridgehead atoms. The van der Waals surface area contributed by atoms with Gasteiger partial charge in [0.2, 0.25) is 0 Å². The van der Waals surface area contributed by atoms with Crippen LogP contribution >= 0.6 is 0 Å². The number of carbonyl (C=O) groups is 1. The molecule has 1 atom stereocenters. The molecule has 0 radical (unpaired) electrons. The van der Waals surface area contributed by atoms with Gasteiger partial charge in [-0.2, -0.15) is 0 Å². The van der Waals surface area contributed by atoms with Gasteiger partial charge in [-0.15, -0.1) is 0 Å². The van der Waals surface area contributed by atoms with Gasteiger partial charge in [0.25, 0.3) is 0 Å². The number of hydrogen-bond donors (Lipinski definition) is 1. The normalized spacial score (nSPS) is 25.6. The van der Waals surface area contributed by atoms with Gasteiger partial charge in [-0.05, 0) is 25.2 Å². The van der Waals surface area contributed by atoms with Gasteiger partial charge in [0, 0.05) is 5.57 Å². The highest BCUT2D eigenvalue weighted by Crippen LogP contribution is 2.23. The lowest BCUT2D eigenvalue weighted by Gasteiger charge is -2.21. The third-order valence-electron chi connectivity index (χ3n) is 2.39. The average Bonchev–Trinajstić information content (AvgIpc) is 2.01. The van der Waals surface area contributed by atoms with Crippen LogP contribution in [0.4, 0.5) is 0 Å². The highest BCUT2D eigenvalue weighted by Gasteiger charge is 2.25. The fraction of sp³-hybridized carbons (Fsp3) is 0.667. The van der Waals surface area contributed by atoms with Crippen LogP contribution in [0.15, 0.2) is 12.2 Å². The molecule has 1 saturated heterocycles. The summed E-state index contributed by atoms with van der Waals surface area (Å²) in [6, 6.07) is 0. The van der Waals surface area contributed by atoms with E-state index in [1.165, 1.54) is 0 Å². The van der Waals surface area contributed by atoms with Crippen LogP contribution in [-0.4, -0.2) is 31.0 Å². The molecule has 0 saturated carbocycles. The molecule has 0 aromatic rings. The Morgan fingerprint density at radius 2 is 2.14 bits per heavy atom. The van der Waals surface area contributed by atoms with Gasteiger partial charge < -0.3 is 5.11 Å². The van der Waals surface area contributed by atoms with Gasteiger partial charge in [-0.1, -0.05) is 6.58 Å². The standard InChI is InChI=1S/C9H14O4S/c1-7(9(10)11)5-8-3-2-4-14(12,13)6-8/h8H,1-6H2,(H,10,11). The maximum Gasteiger partial charge on any atom is 0.330 e. The van der Waals surface area contributed by atoms with Crippen molar-refractivity contribution >= 4 is 15.8 Å². The second-order valence-corrected chi connectivity index (χ2v) is 5.96. The number of carboxylic acid groups (broad SMARTS) is 1. The van der Waals surface area contributed by atoms with Gasteiger partial charge in [0.05, 0.1) is 11.5 Å².